The van der Waals surface area contributed by atoms with E-state index in [2.05, 4.69) is 5.32 Å². The van der Waals surface area contributed by atoms with Gasteiger partial charge in [-0.05, 0) is 29.8 Å². The Morgan fingerprint density at radius 3 is 2.65 bits per heavy atom. The minimum Gasteiger partial charge on any atom is -0.478 e. The summed E-state index contributed by atoms with van der Waals surface area (Å²) in [6.07, 6.45) is 0. The predicted octanol–water partition coefficient (Wildman–Crippen LogP) is 4.44. The monoisotopic (exact) mass is 313 g/mol. The summed E-state index contributed by atoms with van der Waals surface area (Å²) in [7, 11) is 0. The van der Waals surface area contributed by atoms with Crippen LogP contribution in [0.15, 0.2) is 36.4 Å². The Morgan fingerprint density at radius 2 is 2.00 bits per heavy atom. The van der Waals surface area contributed by atoms with Crippen molar-refractivity contribution in [3.63, 3.8) is 0 Å². The van der Waals surface area contributed by atoms with Gasteiger partial charge in [-0.25, -0.2) is 9.18 Å². The smallest absolute Gasteiger partial charge is 0.338 e. The fraction of sp³-hybridized carbons (Fsp3) is 0.0714. The van der Waals surface area contributed by atoms with Crippen LogP contribution < -0.4 is 5.32 Å². The number of carbonyl (C=O) groups is 1. The molecule has 0 bridgehead atoms. The van der Waals surface area contributed by atoms with E-state index in [9.17, 15) is 9.18 Å². The molecule has 0 radical (unpaired) electrons. The molecule has 104 valence electrons. The van der Waals surface area contributed by atoms with E-state index in [4.69, 9.17) is 28.3 Å². The molecule has 2 rings (SSSR count). The number of hydrogen-bond donors (Lipinski definition) is 2. The highest BCUT2D eigenvalue weighted by molar-refractivity contribution is 6.43. The summed E-state index contributed by atoms with van der Waals surface area (Å²) in [6.45, 7) is 0.302. The standard InChI is InChI=1S/C14H10Cl2FNO2/c15-10-2-1-3-12(13(10)16)18-7-8-4-5-9(14(19)20)11(17)6-8/h1-6,18H,7H2,(H,19,20). The third-order valence-corrected chi connectivity index (χ3v) is 3.52. The Labute approximate surface area is 124 Å². The summed E-state index contributed by atoms with van der Waals surface area (Å²) in [5, 5.41) is 12.6. The molecule has 0 amide bonds. The van der Waals surface area contributed by atoms with Crippen molar-refractivity contribution in [3.8, 4) is 0 Å². The maximum absolute atomic E-state index is 13.5. The molecule has 0 aliphatic heterocycles. The number of anilines is 1. The Hall–Kier alpha value is -1.78. The quantitative estimate of drug-likeness (QED) is 0.877. The largest absolute Gasteiger partial charge is 0.478 e. The highest BCUT2D eigenvalue weighted by atomic mass is 35.5. The summed E-state index contributed by atoms with van der Waals surface area (Å²) < 4.78 is 13.5. The summed E-state index contributed by atoms with van der Waals surface area (Å²) in [5.41, 5.74) is 0.875. The topological polar surface area (TPSA) is 49.3 Å². The first-order chi connectivity index (χ1) is 9.49. The average Bonchev–Trinajstić information content (AvgIpc) is 2.40. The third-order valence-electron chi connectivity index (χ3n) is 2.70. The number of carboxylic acids is 1. The van der Waals surface area contributed by atoms with Crippen LogP contribution in [0.4, 0.5) is 10.1 Å². The molecule has 0 atom stereocenters. The van der Waals surface area contributed by atoms with Gasteiger partial charge in [0, 0.05) is 6.54 Å². The summed E-state index contributed by atoms with van der Waals surface area (Å²) >= 11 is 11.9. The van der Waals surface area contributed by atoms with Crippen molar-refractivity contribution in [2.75, 3.05) is 5.32 Å². The Morgan fingerprint density at radius 1 is 1.25 bits per heavy atom. The lowest BCUT2D eigenvalue weighted by Gasteiger charge is -2.10. The zero-order valence-corrected chi connectivity index (χ0v) is 11.7. The molecule has 0 spiro atoms. The number of carboxylic acid groups (broad SMARTS) is 1. The van der Waals surface area contributed by atoms with Gasteiger partial charge in [-0.2, -0.15) is 0 Å². The summed E-state index contributed by atoms with van der Waals surface area (Å²) in [6, 6.07) is 9.10. The Balaban J connectivity index is 2.13. The van der Waals surface area contributed by atoms with E-state index < -0.39 is 11.8 Å². The molecule has 0 aliphatic rings. The predicted molar refractivity (Wildman–Crippen MR) is 77.1 cm³/mol. The van der Waals surface area contributed by atoms with Gasteiger partial charge >= 0.3 is 5.97 Å². The molecule has 0 heterocycles. The zero-order chi connectivity index (χ0) is 14.7. The molecule has 20 heavy (non-hydrogen) atoms. The molecule has 0 unspecified atom stereocenters. The number of benzene rings is 2. The first-order valence-electron chi connectivity index (χ1n) is 5.68. The van der Waals surface area contributed by atoms with Crippen molar-refractivity contribution >= 4 is 34.9 Å². The third kappa shape index (κ3) is 3.21. The second kappa shape index (κ2) is 6.11. The lowest BCUT2D eigenvalue weighted by atomic mass is 10.1. The van der Waals surface area contributed by atoms with Crippen LogP contribution in [0.3, 0.4) is 0 Å². The van der Waals surface area contributed by atoms with Crippen molar-refractivity contribution in [3.05, 3.63) is 63.4 Å². The first-order valence-corrected chi connectivity index (χ1v) is 6.44. The number of rotatable bonds is 4. The Bertz CT molecular complexity index is 662. The molecule has 6 heteroatoms. The maximum atomic E-state index is 13.5. The van der Waals surface area contributed by atoms with Crippen LogP contribution in [0, 0.1) is 5.82 Å². The van der Waals surface area contributed by atoms with Crippen LogP contribution in [-0.4, -0.2) is 11.1 Å². The van der Waals surface area contributed by atoms with Crippen molar-refractivity contribution in [2.45, 2.75) is 6.54 Å². The van der Waals surface area contributed by atoms with Crippen LogP contribution in [-0.2, 0) is 6.54 Å². The second-order valence-electron chi connectivity index (χ2n) is 4.07. The van der Waals surface area contributed by atoms with E-state index in [-0.39, 0.29) is 5.56 Å². The van der Waals surface area contributed by atoms with Crippen LogP contribution in [0.25, 0.3) is 0 Å². The molecule has 3 nitrogen and oxygen atoms in total. The lowest BCUT2D eigenvalue weighted by molar-refractivity contribution is 0.0692. The van der Waals surface area contributed by atoms with E-state index in [0.29, 0.717) is 27.8 Å². The molecule has 0 saturated carbocycles. The fourth-order valence-electron chi connectivity index (χ4n) is 1.68. The molecule has 2 aromatic carbocycles. The summed E-state index contributed by atoms with van der Waals surface area (Å²) in [4.78, 5) is 10.7. The highest BCUT2D eigenvalue weighted by Crippen LogP contribution is 2.29. The van der Waals surface area contributed by atoms with Crippen LogP contribution in [0.5, 0.6) is 0 Å². The van der Waals surface area contributed by atoms with Crippen molar-refractivity contribution in [1.82, 2.24) is 0 Å². The normalized spacial score (nSPS) is 10.3. The number of hydrogen-bond acceptors (Lipinski definition) is 2. The van der Waals surface area contributed by atoms with E-state index in [1.807, 2.05) is 0 Å². The van der Waals surface area contributed by atoms with Crippen molar-refractivity contribution < 1.29 is 14.3 Å². The SMILES string of the molecule is O=C(O)c1ccc(CNc2cccc(Cl)c2Cl)cc1F. The minimum absolute atomic E-state index is 0.302. The van der Waals surface area contributed by atoms with E-state index >= 15 is 0 Å². The van der Waals surface area contributed by atoms with Gasteiger partial charge < -0.3 is 10.4 Å². The van der Waals surface area contributed by atoms with Crippen molar-refractivity contribution in [1.29, 1.82) is 0 Å². The van der Waals surface area contributed by atoms with E-state index in [1.165, 1.54) is 18.2 Å². The fourth-order valence-corrected chi connectivity index (χ4v) is 2.05. The molecule has 0 fully saturated rings. The van der Waals surface area contributed by atoms with Gasteiger partial charge in [-0.1, -0.05) is 35.3 Å². The second-order valence-corrected chi connectivity index (χ2v) is 4.86. The van der Waals surface area contributed by atoms with Crippen molar-refractivity contribution in [2.24, 2.45) is 0 Å². The molecule has 2 aromatic rings. The van der Waals surface area contributed by atoms with Gasteiger partial charge in [0.25, 0.3) is 0 Å². The van der Waals surface area contributed by atoms with Gasteiger partial charge in [0.05, 0.1) is 21.3 Å². The molecule has 0 saturated heterocycles. The number of nitrogens with one attached hydrogen (secondary N) is 1. The minimum atomic E-state index is -1.29. The van der Waals surface area contributed by atoms with E-state index in [0.717, 1.165) is 0 Å². The number of halogens is 3. The van der Waals surface area contributed by atoms with Crippen LogP contribution in [0.1, 0.15) is 15.9 Å². The lowest BCUT2D eigenvalue weighted by Crippen LogP contribution is -2.04. The van der Waals surface area contributed by atoms with Crippen LogP contribution >= 0.6 is 23.2 Å². The molecular formula is C14H10Cl2FNO2. The average molecular weight is 314 g/mol. The van der Waals surface area contributed by atoms with Gasteiger partial charge in [-0.15, -0.1) is 0 Å². The summed E-state index contributed by atoms with van der Waals surface area (Å²) in [5.74, 6) is -2.06. The Kier molecular flexibility index (Phi) is 4.47. The molecule has 0 aliphatic carbocycles. The van der Waals surface area contributed by atoms with Gasteiger partial charge in [0.1, 0.15) is 5.82 Å². The highest BCUT2D eigenvalue weighted by Gasteiger charge is 2.10. The van der Waals surface area contributed by atoms with Gasteiger partial charge in [-0.3, -0.25) is 0 Å². The first kappa shape index (κ1) is 14.6. The van der Waals surface area contributed by atoms with Gasteiger partial charge in [0.15, 0.2) is 0 Å². The van der Waals surface area contributed by atoms with E-state index in [1.54, 1.807) is 18.2 Å². The number of aromatic carboxylic acids is 1. The molecule has 2 N–H and O–H groups in total. The molecular weight excluding hydrogens is 304 g/mol. The molecule has 0 aromatic heterocycles. The van der Waals surface area contributed by atoms with Gasteiger partial charge in [0.2, 0.25) is 0 Å². The van der Waals surface area contributed by atoms with Crippen LogP contribution in [0.2, 0.25) is 10.0 Å². The maximum Gasteiger partial charge on any atom is 0.338 e. The zero-order valence-electron chi connectivity index (χ0n) is 10.2.